The fraction of sp³-hybridized carbons (Fsp3) is 0.438. The highest BCUT2D eigenvalue weighted by Gasteiger charge is 2.26. The second-order valence-corrected chi connectivity index (χ2v) is 6.03. The molecular weight excluding hydrogens is 290 g/mol. The van der Waals surface area contributed by atoms with E-state index in [1.807, 2.05) is 30.5 Å². The third-order valence-corrected chi connectivity index (χ3v) is 4.44. The maximum Gasteiger partial charge on any atom is 0.177 e. The minimum Gasteiger partial charge on any atom is -0.355 e. The van der Waals surface area contributed by atoms with Crippen molar-refractivity contribution in [2.75, 3.05) is 18.0 Å². The van der Waals surface area contributed by atoms with Crippen molar-refractivity contribution in [3.05, 3.63) is 41.7 Å². The standard InChI is InChI=1S/C16H19N7/c1-11-3-4-14-19-20-16(23(14)21-11)13-5-9-22(10-6-13)15-12(2)17-7-8-18-15/h3-4,7-8,13H,5-6,9-10H2,1-2H3. The molecule has 7 heteroatoms. The molecule has 0 spiro atoms. The van der Waals surface area contributed by atoms with Gasteiger partial charge in [-0.05, 0) is 38.8 Å². The van der Waals surface area contributed by atoms with E-state index in [4.69, 9.17) is 0 Å². The lowest BCUT2D eigenvalue weighted by atomic mass is 9.96. The van der Waals surface area contributed by atoms with Gasteiger partial charge in [-0.1, -0.05) is 0 Å². The first-order valence-electron chi connectivity index (χ1n) is 7.94. The molecule has 4 heterocycles. The van der Waals surface area contributed by atoms with Crippen LogP contribution in [0.15, 0.2) is 24.5 Å². The van der Waals surface area contributed by atoms with Gasteiger partial charge in [0.15, 0.2) is 11.5 Å². The SMILES string of the molecule is Cc1ccc2nnc(C3CCN(c4nccnc4C)CC3)n2n1. The molecule has 0 N–H and O–H groups in total. The van der Waals surface area contributed by atoms with E-state index in [-0.39, 0.29) is 0 Å². The number of hydrogen-bond donors (Lipinski definition) is 0. The molecule has 0 aromatic carbocycles. The number of piperidine rings is 1. The fourth-order valence-electron chi connectivity index (χ4n) is 3.21. The summed E-state index contributed by atoms with van der Waals surface area (Å²) >= 11 is 0. The van der Waals surface area contributed by atoms with E-state index in [2.05, 4.69) is 30.2 Å². The summed E-state index contributed by atoms with van der Waals surface area (Å²) in [6, 6.07) is 3.93. The lowest BCUT2D eigenvalue weighted by Gasteiger charge is -2.32. The average molecular weight is 309 g/mol. The predicted octanol–water partition coefficient (Wildman–Crippen LogP) is 1.92. The smallest absolute Gasteiger partial charge is 0.177 e. The molecule has 0 saturated carbocycles. The van der Waals surface area contributed by atoms with Crippen LogP contribution in [0.2, 0.25) is 0 Å². The van der Waals surface area contributed by atoms with Crippen LogP contribution in [0.4, 0.5) is 5.82 Å². The summed E-state index contributed by atoms with van der Waals surface area (Å²) < 4.78 is 1.89. The van der Waals surface area contributed by atoms with Crippen molar-refractivity contribution in [2.45, 2.75) is 32.6 Å². The highest BCUT2D eigenvalue weighted by molar-refractivity contribution is 5.43. The molecule has 0 radical (unpaired) electrons. The lowest BCUT2D eigenvalue weighted by Crippen LogP contribution is -2.34. The topological polar surface area (TPSA) is 72.1 Å². The van der Waals surface area contributed by atoms with E-state index in [1.54, 1.807) is 12.4 Å². The van der Waals surface area contributed by atoms with E-state index in [1.165, 1.54) is 0 Å². The predicted molar refractivity (Wildman–Crippen MR) is 86.5 cm³/mol. The Balaban J connectivity index is 1.55. The fourth-order valence-corrected chi connectivity index (χ4v) is 3.21. The Bertz CT molecular complexity index is 833. The van der Waals surface area contributed by atoms with E-state index in [0.717, 1.165) is 54.6 Å². The largest absolute Gasteiger partial charge is 0.355 e. The molecule has 1 aliphatic rings. The van der Waals surface area contributed by atoms with Gasteiger partial charge in [-0.3, -0.25) is 4.98 Å². The summed E-state index contributed by atoms with van der Waals surface area (Å²) in [6.45, 7) is 5.89. The van der Waals surface area contributed by atoms with E-state index in [0.29, 0.717) is 5.92 Å². The van der Waals surface area contributed by atoms with Gasteiger partial charge in [-0.25, -0.2) is 4.98 Å². The van der Waals surface area contributed by atoms with Gasteiger partial charge >= 0.3 is 0 Å². The van der Waals surface area contributed by atoms with Crippen molar-refractivity contribution in [2.24, 2.45) is 0 Å². The first-order chi connectivity index (χ1) is 11.2. The maximum atomic E-state index is 4.56. The van der Waals surface area contributed by atoms with Gasteiger partial charge in [-0.15, -0.1) is 10.2 Å². The summed E-state index contributed by atoms with van der Waals surface area (Å²) in [7, 11) is 0. The molecule has 0 amide bonds. The van der Waals surface area contributed by atoms with Crippen LogP contribution in [-0.2, 0) is 0 Å². The first-order valence-corrected chi connectivity index (χ1v) is 7.94. The molecule has 3 aromatic heterocycles. The molecule has 1 saturated heterocycles. The van der Waals surface area contributed by atoms with Gasteiger partial charge in [0.05, 0.1) is 11.4 Å². The number of nitrogens with zero attached hydrogens (tertiary/aromatic N) is 7. The summed E-state index contributed by atoms with van der Waals surface area (Å²) in [5.41, 5.74) is 2.78. The average Bonchev–Trinajstić information content (AvgIpc) is 2.98. The minimum atomic E-state index is 0.382. The van der Waals surface area contributed by atoms with Gasteiger partial charge in [0, 0.05) is 31.4 Å². The van der Waals surface area contributed by atoms with Crippen LogP contribution in [0.25, 0.3) is 5.65 Å². The molecule has 1 aliphatic heterocycles. The Morgan fingerprint density at radius 3 is 2.57 bits per heavy atom. The van der Waals surface area contributed by atoms with Crippen molar-refractivity contribution in [3.63, 3.8) is 0 Å². The van der Waals surface area contributed by atoms with Gasteiger partial charge in [-0.2, -0.15) is 9.61 Å². The normalized spacial score (nSPS) is 16.2. The second kappa shape index (κ2) is 5.57. The van der Waals surface area contributed by atoms with Crippen molar-refractivity contribution in [1.82, 2.24) is 29.8 Å². The summed E-state index contributed by atoms with van der Waals surface area (Å²) in [5.74, 6) is 2.35. The number of aromatic nitrogens is 6. The molecule has 118 valence electrons. The highest BCUT2D eigenvalue weighted by atomic mass is 15.4. The van der Waals surface area contributed by atoms with Crippen molar-refractivity contribution in [3.8, 4) is 0 Å². The van der Waals surface area contributed by atoms with Crippen LogP contribution in [0.1, 0.15) is 36.0 Å². The molecule has 0 unspecified atom stereocenters. The Labute approximate surface area is 134 Å². The summed E-state index contributed by atoms with van der Waals surface area (Å²) in [4.78, 5) is 11.1. The number of rotatable bonds is 2. The van der Waals surface area contributed by atoms with Crippen LogP contribution in [0.3, 0.4) is 0 Å². The van der Waals surface area contributed by atoms with Crippen molar-refractivity contribution >= 4 is 11.5 Å². The first kappa shape index (κ1) is 14.0. The molecule has 1 fully saturated rings. The van der Waals surface area contributed by atoms with Crippen molar-refractivity contribution in [1.29, 1.82) is 0 Å². The van der Waals surface area contributed by atoms with Crippen LogP contribution in [0, 0.1) is 13.8 Å². The zero-order chi connectivity index (χ0) is 15.8. The Morgan fingerprint density at radius 2 is 1.78 bits per heavy atom. The van der Waals surface area contributed by atoms with E-state index in [9.17, 15) is 0 Å². The molecule has 3 aromatic rings. The van der Waals surface area contributed by atoms with Gasteiger partial charge in [0.25, 0.3) is 0 Å². The van der Waals surface area contributed by atoms with Crippen LogP contribution in [-0.4, -0.2) is 42.9 Å². The lowest BCUT2D eigenvalue weighted by molar-refractivity contribution is 0.474. The van der Waals surface area contributed by atoms with Crippen LogP contribution in [0.5, 0.6) is 0 Å². The monoisotopic (exact) mass is 309 g/mol. The zero-order valence-electron chi connectivity index (χ0n) is 13.3. The molecule has 0 bridgehead atoms. The van der Waals surface area contributed by atoms with E-state index >= 15 is 0 Å². The minimum absolute atomic E-state index is 0.382. The number of hydrogen-bond acceptors (Lipinski definition) is 6. The Morgan fingerprint density at radius 1 is 1.00 bits per heavy atom. The number of anilines is 1. The molecule has 23 heavy (non-hydrogen) atoms. The second-order valence-electron chi connectivity index (χ2n) is 6.03. The molecule has 7 nitrogen and oxygen atoms in total. The Kier molecular flexibility index (Phi) is 3.40. The van der Waals surface area contributed by atoms with E-state index < -0.39 is 0 Å². The van der Waals surface area contributed by atoms with Gasteiger partial charge in [0.1, 0.15) is 5.82 Å². The number of aryl methyl sites for hydroxylation is 2. The molecule has 4 rings (SSSR count). The molecule has 0 atom stereocenters. The van der Waals surface area contributed by atoms with Crippen LogP contribution < -0.4 is 4.90 Å². The Hall–Kier alpha value is -2.57. The van der Waals surface area contributed by atoms with Gasteiger partial charge < -0.3 is 4.90 Å². The van der Waals surface area contributed by atoms with Gasteiger partial charge in [0.2, 0.25) is 0 Å². The summed E-state index contributed by atoms with van der Waals surface area (Å²) in [5, 5.41) is 13.2. The zero-order valence-corrected chi connectivity index (χ0v) is 13.3. The third kappa shape index (κ3) is 2.52. The summed E-state index contributed by atoms with van der Waals surface area (Å²) in [6.07, 6.45) is 5.54. The number of fused-ring (bicyclic) bond motifs is 1. The van der Waals surface area contributed by atoms with Crippen LogP contribution >= 0.6 is 0 Å². The quantitative estimate of drug-likeness (QED) is 0.720. The molecule has 0 aliphatic carbocycles. The maximum absolute atomic E-state index is 4.56. The third-order valence-electron chi connectivity index (χ3n) is 4.44. The highest BCUT2D eigenvalue weighted by Crippen LogP contribution is 2.29. The molecular formula is C16H19N7. The van der Waals surface area contributed by atoms with Crippen molar-refractivity contribution < 1.29 is 0 Å².